The van der Waals surface area contributed by atoms with Crippen LogP contribution in [0.3, 0.4) is 0 Å². The van der Waals surface area contributed by atoms with Gasteiger partial charge in [0.1, 0.15) is 0 Å². The van der Waals surface area contributed by atoms with Crippen molar-refractivity contribution in [2.24, 2.45) is 0 Å². The minimum atomic E-state index is 0.575. The Balaban J connectivity index is 2.24. The molecule has 0 amide bonds. The summed E-state index contributed by atoms with van der Waals surface area (Å²) in [6.45, 7) is 3.25. The molecule has 0 radical (unpaired) electrons. The van der Waals surface area contributed by atoms with Gasteiger partial charge in [0.25, 0.3) is 0 Å². The SMILES string of the molecule is Cc1nc(N(C)C)sc1C1CCN1. The van der Waals surface area contributed by atoms with Gasteiger partial charge in [-0.05, 0) is 19.9 Å². The fourth-order valence-electron chi connectivity index (χ4n) is 1.42. The second kappa shape index (κ2) is 3.27. The first kappa shape index (κ1) is 8.97. The summed E-state index contributed by atoms with van der Waals surface area (Å²) in [5.74, 6) is 0. The molecule has 1 aliphatic rings. The van der Waals surface area contributed by atoms with Crippen molar-refractivity contribution in [2.75, 3.05) is 25.5 Å². The minimum Gasteiger partial charge on any atom is -0.354 e. The summed E-state index contributed by atoms with van der Waals surface area (Å²) in [6.07, 6.45) is 1.26. The summed E-state index contributed by atoms with van der Waals surface area (Å²) >= 11 is 1.80. The van der Waals surface area contributed by atoms with Crippen LogP contribution in [0.5, 0.6) is 0 Å². The molecule has 0 aliphatic carbocycles. The normalized spacial score (nSPS) is 21.3. The van der Waals surface area contributed by atoms with Gasteiger partial charge in [-0.1, -0.05) is 0 Å². The molecule has 4 heteroatoms. The number of rotatable bonds is 2. The van der Waals surface area contributed by atoms with Crippen LogP contribution in [0.2, 0.25) is 0 Å². The highest BCUT2D eigenvalue weighted by Gasteiger charge is 2.23. The molecule has 1 aromatic heterocycles. The topological polar surface area (TPSA) is 28.2 Å². The van der Waals surface area contributed by atoms with Crippen LogP contribution in [-0.4, -0.2) is 25.6 Å². The maximum atomic E-state index is 4.52. The highest BCUT2D eigenvalue weighted by molar-refractivity contribution is 7.15. The van der Waals surface area contributed by atoms with Gasteiger partial charge in [-0.3, -0.25) is 0 Å². The number of anilines is 1. The molecular weight excluding hydrogens is 182 g/mol. The first-order valence-electron chi connectivity index (χ1n) is 4.56. The molecule has 1 fully saturated rings. The Morgan fingerprint density at radius 1 is 1.54 bits per heavy atom. The van der Waals surface area contributed by atoms with Gasteiger partial charge in [-0.25, -0.2) is 4.98 Å². The highest BCUT2D eigenvalue weighted by Crippen LogP contribution is 2.33. The van der Waals surface area contributed by atoms with E-state index in [1.54, 1.807) is 11.3 Å². The highest BCUT2D eigenvalue weighted by atomic mass is 32.1. The molecule has 3 nitrogen and oxygen atoms in total. The first-order chi connectivity index (χ1) is 6.18. The molecule has 1 saturated heterocycles. The molecule has 0 spiro atoms. The van der Waals surface area contributed by atoms with Crippen LogP contribution in [-0.2, 0) is 0 Å². The molecule has 0 saturated carbocycles. The van der Waals surface area contributed by atoms with Gasteiger partial charge in [-0.2, -0.15) is 0 Å². The fourth-order valence-corrected chi connectivity index (χ4v) is 2.52. The van der Waals surface area contributed by atoms with E-state index in [0.29, 0.717) is 6.04 Å². The van der Waals surface area contributed by atoms with Crippen LogP contribution in [0.4, 0.5) is 5.13 Å². The molecule has 1 N–H and O–H groups in total. The lowest BCUT2D eigenvalue weighted by Crippen LogP contribution is -2.34. The number of nitrogens with zero attached hydrogens (tertiary/aromatic N) is 2. The van der Waals surface area contributed by atoms with Crippen LogP contribution in [0, 0.1) is 6.92 Å². The molecule has 1 aromatic rings. The van der Waals surface area contributed by atoms with E-state index in [0.717, 1.165) is 11.7 Å². The second-order valence-electron chi connectivity index (χ2n) is 3.64. The smallest absolute Gasteiger partial charge is 0.185 e. The molecule has 1 aliphatic heterocycles. The van der Waals surface area contributed by atoms with E-state index >= 15 is 0 Å². The molecule has 1 atom stereocenters. The number of hydrogen-bond acceptors (Lipinski definition) is 4. The molecule has 2 rings (SSSR count). The predicted molar refractivity (Wildman–Crippen MR) is 56.5 cm³/mol. The molecule has 72 valence electrons. The van der Waals surface area contributed by atoms with Gasteiger partial charge >= 0.3 is 0 Å². The number of aromatic nitrogens is 1. The summed E-state index contributed by atoms with van der Waals surface area (Å²) in [5.41, 5.74) is 1.19. The van der Waals surface area contributed by atoms with Gasteiger partial charge in [0, 0.05) is 25.0 Å². The average molecular weight is 197 g/mol. The average Bonchev–Trinajstić information content (AvgIpc) is 2.29. The van der Waals surface area contributed by atoms with Gasteiger partial charge in [-0.15, -0.1) is 11.3 Å². The van der Waals surface area contributed by atoms with E-state index in [2.05, 4.69) is 22.1 Å². The third-order valence-corrected chi connectivity index (χ3v) is 3.78. The maximum absolute atomic E-state index is 4.52. The lowest BCUT2D eigenvalue weighted by atomic mass is 10.1. The van der Waals surface area contributed by atoms with E-state index < -0.39 is 0 Å². The van der Waals surface area contributed by atoms with Crippen LogP contribution in [0.1, 0.15) is 23.0 Å². The van der Waals surface area contributed by atoms with Crippen molar-refractivity contribution in [2.45, 2.75) is 19.4 Å². The fraction of sp³-hybridized carbons (Fsp3) is 0.667. The summed E-state index contributed by atoms with van der Waals surface area (Å²) < 4.78 is 0. The Morgan fingerprint density at radius 3 is 2.62 bits per heavy atom. The summed E-state index contributed by atoms with van der Waals surface area (Å²) in [6, 6.07) is 0.575. The van der Waals surface area contributed by atoms with Gasteiger partial charge in [0.2, 0.25) is 0 Å². The van der Waals surface area contributed by atoms with Crippen LogP contribution >= 0.6 is 11.3 Å². The minimum absolute atomic E-state index is 0.575. The monoisotopic (exact) mass is 197 g/mol. The van der Waals surface area contributed by atoms with Crippen molar-refractivity contribution in [1.82, 2.24) is 10.3 Å². The van der Waals surface area contributed by atoms with E-state index in [1.165, 1.54) is 17.0 Å². The van der Waals surface area contributed by atoms with Crippen molar-refractivity contribution < 1.29 is 0 Å². The van der Waals surface area contributed by atoms with Gasteiger partial charge < -0.3 is 10.2 Å². The van der Waals surface area contributed by atoms with Gasteiger partial charge in [0.15, 0.2) is 5.13 Å². The van der Waals surface area contributed by atoms with E-state index in [9.17, 15) is 0 Å². The Labute approximate surface area is 82.8 Å². The van der Waals surface area contributed by atoms with Crippen molar-refractivity contribution >= 4 is 16.5 Å². The number of hydrogen-bond donors (Lipinski definition) is 1. The number of thiazole rings is 1. The molecule has 13 heavy (non-hydrogen) atoms. The molecule has 0 bridgehead atoms. The van der Waals surface area contributed by atoms with Crippen molar-refractivity contribution in [1.29, 1.82) is 0 Å². The third kappa shape index (κ3) is 1.56. The Kier molecular flexibility index (Phi) is 2.26. The van der Waals surface area contributed by atoms with Crippen LogP contribution in [0.15, 0.2) is 0 Å². The van der Waals surface area contributed by atoms with Crippen molar-refractivity contribution in [3.63, 3.8) is 0 Å². The summed E-state index contributed by atoms with van der Waals surface area (Å²) in [7, 11) is 4.08. The molecule has 1 unspecified atom stereocenters. The van der Waals surface area contributed by atoms with Crippen LogP contribution < -0.4 is 10.2 Å². The van der Waals surface area contributed by atoms with Crippen molar-refractivity contribution in [3.8, 4) is 0 Å². The molecule has 0 aromatic carbocycles. The van der Waals surface area contributed by atoms with E-state index in [-0.39, 0.29) is 0 Å². The standard InChI is InChI=1S/C9H15N3S/c1-6-8(7-4-5-10-7)13-9(11-6)12(2)3/h7,10H,4-5H2,1-3H3. The number of aryl methyl sites for hydroxylation is 1. The van der Waals surface area contributed by atoms with Crippen molar-refractivity contribution in [3.05, 3.63) is 10.6 Å². The Hall–Kier alpha value is -0.610. The number of nitrogens with one attached hydrogen (secondary N) is 1. The first-order valence-corrected chi connectivity index (χ1v) is 5.38. The zero-order chi connectivity index (χ0) is 9.42. The lowest BCUT2D eigenvalue weighted by Gasteiger charge is -2.26. The van der Waals surface area contributed by atoms with E-state index in [4.69, 9.17) is 0 Å². The summed E-state index contributed by atoms with van der Waals surface area (Å²) in [5, 5.41) is 4.52. The molecular formula is C9H15N3S. The lowest BCUT2D eigenvalue weighted by molar-refractivity contribution is 0.387. The Bertz CT molecular complexity index is 302. The molecule has 2 heterocycles. The second-order valence-corrected chi connectivity index (χ2v) is 4.65. The van der Waals surface area contributed by atoms with Gasteiger partial charge in [0.05, 0.1) is 5.69 Å². The maximum Gasteiger partial charge on any atom is 0.185 e. The zero-order valence-corrected chi connectivity index (χ0v) is 9.11. The van der Waals surface area contributed by atoms with E-state index in [1.807, 2.05) is 14.1 Å². The third-order valence-electron chi connectivity index (χ3n) is 2.34. The van der Waals surface area contributed by atoms with Crippen LogP contribution in [0.25, 0.3) is 0 Å². The largest absolute Gasteiger partial charge is 0.354 e. The zero-order valence-electron chi connectivity index (χ0n) is 8.29. The predicted octanol–water partition coefficient (Wildman–Crippen LogP) is 1.55. The Morgan fingerprint density at radius 2 is 2.23 bits per heavy atom. The quantitative estimate of drug-likeness (QED) is 0.779. The summed E-state index contributed by atoms with van der Waals surface area (Å²) in [4.78, 5) is 8.00.